The third-order valence-electron chi connectivity index (χ3n) is 3.06. The molecule has 5 nitrogen and oxygen atoms in total. The third kappa shape index (κ3) is 4.69. The van der Waals surface area contributed by atoms with E-state index < -0.39 is 11.9 Å². The van der Waals surface area contributed by atoms with Crippen molar-refractivity contribution in [1.82, 2.24) is 0 Å². The van der Waals surface area contributed by atoms with Crippen LogP contribution in [0.2, 0.25) is 0 Å². The van der Waals surface area contributed by atoms with Crippen molar-refractivity contribution < 1.29 is 19.1 Å². The summed E-state index contributed by atoms with van der Waals surface area (Å²) in [4.78, 5) is 23.9. The van der Waals surface area contributed by atoms with Gasteiger partial charge in [-0.25, -0.2) is 4.79 Å². The summed E-state index contributed by atoms with van der Waals surface area (Å²) < 4.78 is 11.0. The Morgan fingerprint density at radius 2 is 1.91 bits per heavy atom. The Morgan fingerprint density at radius 3 is 2.61 bits per heavy atom. The lowest BCUT2D eigenvalue weighted by Crippen LogP contribution is -2.21. The molecule has 0 radical (unpaired) electrons. The zero-order chi connectivity index (χ0) is 16.8. The van der Waals surface area contributed by atoms with Gasteiger partial charge < -0.3 is 14.8 Å². The monoisotopic (exact) mass is 425 g/mol. The third-order valence-corrected chi connectivity index (χ3v) is 4.00. The van der Waals surface area contributed by atoms with Gasteiger partial charge in [-0.15, -0.1) is 0 Å². The molecular weight excluding hydrogens is 409 g/mol. The Hall–Kier alpha value is -2.09. The summed E-state index contributed by atoms with van der Waals surface area (Å²) in [6.45, 7) is 1.55. The number of amides is 1. The summed E-state index contributed by atoms with van der Waals surface area (Å²) in [5.74, 6) is -0.401. The number of carbonyl (C=O) groups is 2. The van der Waals surface area contributed by atoms with E-state index in [2.05, 4.69) is 5.32 Å². The van der Waals surface area contributed by atoms with Crippen molar-refractivity contribution in [2.45, 2.75) is 6.92 Å². The molecule has 1 N–H and O–H groups in total. The largest absolute Gasteiger partial charge is 0.495 e. The highest BCUT2D eigenvalue weighted by molar-refractivity contribution is 14.1. The van der Waals surface area contributed by atoms with Crippen LogP contribution in [0, 0.1) is 10.5 Å². The average Bonchev–Trinajstić information content (AvgIpc) is 2.53. The molecule has 0 aliphatic rings. The van der Waals surface area contributed by atoms with Gasteiger partial charge in [0.05, 0.1) is 18.4 Å². The number of methoxy groups -OCH3 is 1. The first-order valence-corrected chi connectivity index (χ1v) is 7.95. The van der Waals surface area contributed by atoms with Gasteiger partial charge in [0.1, 0.15) is 5.75 Å². The van der Waals surface area contributed by atoms with E-state index >= 15 is 0 Å². The first kappa shape index (κ1) is 17.3. The Labute approximate surface area is 148 Å². The molecule has 2 rings (SSSR count). The Kier molecular flexibility index (Phi) is 5.97. The summed E-state index contributed by atoms with van der Waals surface area (Å²) in [5.41, 5.74) is 1.97. The van der Waals surface area contributed by atoms with E-state index in [1.54, 1.807) is 30.3 Å². The summed E-state index contributed by atoms with van der Waals surface area (Å²) in [6.07, 6.45) is 0. The van der Waals surface area contributed by atoms with Crippen molar-refractivity contribution in [1.29, 1.82) is 0 Å². The fourth-order valence-corrected chi connectivity index (χ4v) is 2.55. The predicted octanol–water partition coefficient (Wildman–Crippen LogP) is 3.40. The summed E-state index contributed by atoms with van der Waals surface area (Å²) in [5, 5.41) is 2.68. The molecule has 1 amide bonds. The number of rotatable bonds is 5. The highest BCUT2D eigenvalue weighted by Gasteiger charge is 2.14. The fraction of sp³-hybridized carbons (Fsp3) is 0.176. The molecule has 6 heteroatoms. The Bertz CT molecular complexity index is 730. The van der Waals surface area contributed by atoms with Gasteiger partial charge in [0.25, 0.3) is 5.91 Å². The second-order valence-electron chi connectivity index (χ2n) is 4.81. The van der Waals surface area contributed by atoms with Crippen LogP contribution in [0.1, 0.15) is 15.9 Å². The minimum Gasteiger partial charge on any atom is -0.495 e. The molecule has 0 saturated heterocycles. The molecule has 2 aromatic carbocycles. The first-order valence-electron chi connectivity index (χ1n) is 6.87. The molecule has 2 aromatic rings. The lowest BCUT2D eigenvalue weighted by atomic mass is 10.2. The van der Waals surface area contributed by atoms with Crippen molar-refractivity contribution in [3.8, 4) is 5.75 Å². The number of ether oxygens (including phenoxy) is 2. The van der Waals surface area contributed by atoms with Crippen molar-refractivity contribution in [2.75, 3.05) is 19.0 Å². The molecule has 0 unspecified atom stereocenters. The second kappa shape index (κ2) is 7.96. The zero-order valence-electron chi connectivity index (χ0n) is 12.8. The van der Waals surface area contributed by atoms with Gasteiger partial charge in [-0.2, -0.15) is 0 Å². The molecule has 0 aromatic heterocycles. The fourth-order valence-electron chi connectivity index (χ4n) is 1.94. The summed E-state index contributed by atoms with van der Waals surface area (Å²) >= 11 is 2.05. The molecule has 0 spiro atoms. The highest BCUT2D eigenvalue weighted by atomic mass is 127. The topological polar surface area (TPSA) is 64.6 Å². The van der Waals surface area contributed by atoms with Crippen LogP contribution < -0.4 is 10.1 Å². The van der Waals surface area contributed by atoms with E-state index in [-0.39, 0.29) is 6.61 Å². The maximum Gasteiger partial charge on any atom is 0.339 e. The summed E-state index contributed by atoms with van der Waals surface area (Å²) in [7, 11) is 1.53. The van der Waals surface area contributed by atoms with Gasteiger partial charge in [0.15, 0.2) is 6.61 Å². The summed E-state index contributed by atoms with van der Waals surface area (Å²) in [6, 6.07) is 12.5. The number of aryl methyl sites for hydroxylation is 1. The quantitative estimate of drug-likeness (QED) is 0.589. The minimum atomic E-state index is -0.527. The van der Waals surface area contributed by atoms with Crippen LogP contribution >= 0.6 is 22.6 Å². The van der Waals surface area contributed by atoms with Gasteiger partial charge in [-0.05, 0) is 59.3 Å². The van der Waals surface area contributed by atoms with E-state index in [1.807, 2.05) is 41.6 Å². The SMILES string of the molecule is COc1ccc(C)cc1NC(=O)COC(=O)c1ccccc1I. The van der Waals surface area contributed by atoms with Crippen LogP contribution in [0.5, 0.6) is 5.75 Å². The number of nitrogens with one attached hydrogen (secondary N) is 1. The second-order valence-corrected chi connectivity index (χ2v) is 5.97. The maximum absolute atomic E-state index is 12.0. The van der Waals surface area contributed by atoms with Gasteiger partial charge in [-0.3, -0.25) is 4.79 Å². The molecule has 0 atom stereocenters. The van der Waals surface area contributed by atoms with Gasteiger partial charge in [0, 0.05) is 3.57 Å². The van der Waals surface area contributed by atoms with Crippen molar-refractivity contribution >= 4 is 40.2 Å². The number of hydrogen-bond donors (Lipinski definition) is 1. The van der Waals surface area contributed by atoms with E-state index in [0.717, 1.165) is 9.13 Å². The van der Waals surface area contributed by atoms with Crippen LogP contribution in [0.25, 0.3) is 0 Å². The van der Waals surface area contributed by atoms with Crippen molar-refractivity contribution in [3.05, 3.63) is 57.2 Å². The smallest absolute Gasteiger partial charge is 0.339 e. The number of anilines is 1. The number of esters is 1. The van der Waals surface area contributed by atoms with Gasteiger partial charge >= 0.3 is 5.97 Å². The highest BCUT2D eigenvalue weighted by Crippen LogP contribution is 2.25. The molecule has 0 aliphatic carbocycles. The maximum atomic E-state index is 12.0. The van der Waals surface area contributed by atoms with Crippen LogP contribution in [0.4, 0.5) is 5.69 Å². The molecule has 0 heterocycles. The lowest BCUT2D eigenvalue weighted by molar-refractivity contribution is -0.119. The predicted molar refractivity (Wildman–Crippen MR) is 95.8 cm³/mol. The lowest BCUT2D eigenvalue weighted by Gasteiger charge is -2.11. The molecule has 0 bridgehead atoms. The number of carbonyl (C=O) groups excluding carboxylic acids is 2. The molecule has 0 saturated carbocycles. The molecule has 0 aliphatic heterocycles. The Morgan fingerprint density at radius 1 is 1.17 bits per heavy atom. The van der Waals surface area contributed by atoms with Crippen molar-refractivity contribution in [3.63, 3.8) is 0 Å². The molecule has 120 valence electrons. The van der Waals surface area contributed by atoms with E-state index in [1.165, 1.54) is 7.11 Å². The van der Waals surface area contributed by atoms with Crippen LogP contribution in [0.3, 0.4) is 0 Å². The number of benzene rings is 2. The number of hydrogen-bond acceptors (Lipinski definition) is 4. The van der Waals surface area contributed by atoms with E-state index in [9.17, 15) is 9.59 Å². The molecule has 23 heavy (non-hydrogen) atoms. The van der Waals surface area contributed by atoms with Gasteiger partial charge in [0.2, 0.25) is 0 Å². The van der Waals surface area contributed by atoms with Crippen LogP contribution in [-0.2, 0) is 9.53 Å². The van der Waals surface area contributed by atoms with E-state index in [0.29, 0.717) is 17.0 Å². The number of halogens is 1. The Balaban J connectivity index is 1.97. The zero-order valence-corrected chi connectivity index (χ0v) is 14.9. The van der Waals surface area contributed by atoms with E-state index in [4.69, 9.17) is 9.47 Å². The van der Waals surface area contributed by atoms with Crippen molar-refractivity contribution in [2.24, 2.45) is 0 Å². The van der Waals surface area contributed by atoms with Crippen LogP contribution in [0.15, 0.2) is 42.5 Å². The molecular formula is C17H16INO4. The van der Waals surface area contributed by atoms with Gasteiger partial charge in [-0.1, -0.05) is 18.2 Å². The first-order chi connectivity index (χ1) is 11.0. The molecule has 0 fully saturated rings. The van der Waals surface area contributed by atoms with Crippen LogP contribution in [-0.4, -0.2) is 25.6 Å². The standard InChI is InChI=1S/C17H16INO4/c1-11-7-8-15(22-2)14(9-11)19-16(20)10-23-17(21)12-5-3-4-6-13(12)18/h3-9H,10H2,1-2H3,(H,19,20). The normalized spacial score (nSPS) is 10.0. The average molecular weight is 425 g/mol. The minimum absolute atomic E-state index is 0.360.